The Hall–Kier alpha value is -1.97. The minimum absolute atomic E-state index is 0.292. The fourth-order valence-electron chi connectivity index (χ4n) is 2.94. The lowest BCUT2D eigenvalue weighted by Crippen LogP contribution is -2.05. The van der Waals surface area contributed by atoms with Gasteiger partial charge >= 0.3 is 5.97 Å². The fourth-order valence-corrected chi connectivity index (χ4v) is 2.94. The Balaban J connectivity index is 2.33. The highest BCUT2D eigenvalue weighted by Crippen LogP contribution is 2.36. The first kappa shape index (κ1) is 12.1. The van der Waals surface area contributed by atoms with Gasteiger partial charge in [0, 0.05) is 11.1 Å². The average molecular weight is 259 g/mol. The maximum Gasteiger partial charge on any atom is 0.338 e. The van der Waals surface area contributed by atoms with Crippen LogP contribution in [0.1, 0.15) is 34.5 Å². The van der Waals surface area contributed by atoms with Crippen LogP contribution in [0.5, 0.6) is 5.75 Å². The van der Waals surface area contributed by atoms with Gasteiger partial charge in [-0.3, -0.25) is 0 Å². The van der Waals surface area contributed by atoms with E-state index in [-0.39, 0.29) is 5.97 Å². The van der Waals surface area contributed by atoms with Crippen LogP contribution in [0.25, 0.3) is 10.9 Å². The molecule has 3 rings (SSSR count). The average Bonchev–Trinajstić information content (AvgIpc) is 2.85. The molecule has 0 unspecified atom stereocenters. The van der Waals surface area contributed by atoms with Crippen molar-refractivity contribution in [1.29, 1.82) is 0 Å². The summed E-state index contributed by atoms with van der Waals surface area (Å²) in [5.41, 5.74) is 4.02. The standard InChI is InChI=1S/C15H17NO3/c1-18-12-8-7-10(15(17)19-2)13-9-5-3-4-6-11(9)16-14(12)13/h7-8,16H,3-6H2,1-2H3. The lowest BCUT2D eigenvalue weighted by Gasteiger charge is -2.11. The Morgan fingerprint density at radius 2 is 2.00 bits per heavy atom. The van der Waals surface area contributed by atoms with Gasteiger partial charge in [0.1, 0.15) is 5.75 Å². The maximum absolute atomic E-state index is 11.9. The SMILES string of the molecule is COC(=O)c1ccc(OC)c2[nH]c3c(c12)CCCC3. The number of methoxy groups -OCH3 is 2. The fraction of sp³-hybridized carbons (Fsp3) is 0.400. The molecule has 0 radical (unpaired) electrons. The third kappa shape index (κ3) is 1.79. The summed E-state index contributed by atoms with van der Waals surface area (Å²) in [5, 5.41) is 0.973. The third-order valence-electron chi connectivity index (χ3n) is 3.84. The predicted octanol–water partition coefficient (Wildman–Crippen LogP) is 2.84. The minimum Gasteiger partial charge on any atom is -0.495 e. The van der Waals surface area contributed by atoms with Crippen molar-refractivity contribution in [3.63, 3.8) is 0 Å². The summed E-state index contributed by atoms with van der Waals surface area (Å²) in [7, 11) is 3.06. The van der Waals surface area contributed by atoms with Crippen LogP contribution in [0.15, 0.2) is 12.1 Å². The number of hydrogen-bond donors (Lipinski definition) is 1. The van der Waals surface area contributed by atoms with Gasteiger partial charge in [-0.1, -0.05) is 0 Å². The number of aryl methyl sites for hydroxylation is 2. The smallest absolute Gasteiger partial charge is 0.338 e. The quantitative estimate of drug-likeness (QED) is 0.844. The number of esters is 1. The molecule has 4 heteroatoms. The number of aromatic nitrogens is 1. The van der Waals surface area contributed by atoms with E-state index in [9.17, 15) is 4.79 Å². The third-order valence-corrected chi connectivity index (χ3v) is 3.84. The van der Waals surface area contributed by atoms with Crippen LogP contribution in [0.3, 0.4) is 0 Å². The molecule has 0 atom stereocenters. The Labute approximate surface area is 111 Å². The van der Waals surface area contributed by atoms with E-state index in [1.807, 2.05) is 6.07 Å². The number of carbonyl (C=O) groups is 1. The molecule has 2 aromatic rings. The van der Waals surface area contributed by atoms with Crippen molar-refractivity contribution in [3.8, 4) is 5.75 Å². The van der Waals surface area contributed by atoms with E-state index in [2.05, 4.69) is 4.98 Å². The Morgan fingerprint density at radius 1 is 1.21 bits per heavy atom. The van der Waals surface area contributed by atoms with Crippen molar-refractivity contribution in [2.24, 2.45) is 0 Å². The van der Waals surface area contributed by atoms with Gasteiger partial charge in [0.15, 0.2) is 0 Å². The van der Waals surface area contributed by atoms with Gasteiger partial charge in [0.2, 0.25) is 0 Å². The highest BCUT2D eigenvalue weighted by Gasteiger charge is 2.22. The molecule has 1 aromatic heterocycles. The zero-order valence-electron chi connectivity index (χ0n) is 11.2. The number of carbonyl (C=O) groups excluding carboxylic acids is 1. The van der Waals surface area contributed by atoms with E-state index < -0.39 is 0 Å². The van der Waals surface area contributed by atoms with E-state index in [0.29, 0.717) is 5.56 Å². The van der Waals surface area contributed by atoms with E-state index in [1.54, 1.807) is 13.2 Å². The van der Waals surface area contributed by atoms with Crippen molar-refractivity contribution < 1.29 is 14.3 Å². The first-order valence-corrected chi connectivity index (χ1v) is 6.55. The van der Waals surface area contributed by atoms with Crippen molar-refractivity contribution in [1.82, 2.24) is 4.98 Å². The summed E-state index contributed by atoms with van der Waals surface area (Å²) in [4.78, 5) is 15.4. The molecule has 0 fully saturated rings. The number of rotatable bonds is 2. The van der Waals surface area contributed by atoms with Crippen LogP contribution >= 0.6 is 0 Å². The van der Waals surface area contributed by atoms with Gasteiger partial charge < -0.3 is 14.5 Å². The number of hydrogen-bond acceptors (Lipinski definition) is 3. The minimum atomic E-state index is -0.292. The second kappa shape index (κ2) is 4.61. The summed E-state index contributed by atoms with van der Waals surface area (Å²) in [6.07, 6.45) is 4.40. The summed E-state index contributed by atoms with van der Waals surface area (Å²) in [6, 6.07) is 3.60. The molecule has 4 nitrogen and oxygen atoms in total. The Kier molecular flexibility index (Phi) is 2.93. The van der Waals surface area contributed by atoms with E-state index >= 15 is 0 Å². The molecule has 0 aliphatic heterocycles. The second-order valence-corrected chi connectivity index (χ2v) is 4.85. The molecular weight excluding hydrogens is 242 g/mol. The number of fused-ring (bicyclic) bond motifs is 3. The monoisotopic (exact) mass is 259 g/mol. The topological polar surface area (TPSA) is 51.3 Å². The molecule has 1 aliphatic carbocycles. The highest BCUT2D eigenvalue weighted by molar-refractivity contribution is 6.07. The summed E-state index contributed by atoms with van der Waals surface area (Å²) in [6.45, 7) is 0. The molecule has 1 aromatic carbocycles. The van der Waals surface area contributed by atoms with Gasteiger partial charge in [-0.2, -0.15) is 0 Å². The first-order chi connectivity index (χ1) is 9.26. The summed E-state index contributed by atoms with van der Waals surface area (Å²) < 4.78 is 10.3. The second-order valence-electron chi connectivity index (χ2n) is 4.85. The zero-order chi connectivity index (χ0) is 13.4. The normalized spacial score (nSPS) is 14.2. The summed E-state index contributed by atoms with van der Waals surface area (Å²) in [5.74, 6) is 0.483. The van der Waals surface area contributed by atoms with Crippen LogP contribution < -0.4 is 4.74 Å². The van der Waals surface area contributed by atoms with Crippen LogP contribution in [-0.4, -0.2) is 25.2 Å². The zero-order valence-corrected chi connectivity index (χ0v) is 11.2. The highest BCUT2D eigenvalue weighted by atomic mass is 16.5. The first-order valence-electron chi connectivity index (χ1n) is 6.55. The van der Waals surface area contributed by atoms with E-state index in [4.69, 9.17) is 9.47 Å². The van der Waals surface area contributed by atoms with Crippen LogP contribution in [0.4, 0.5) is 0 Å². The molecule has 0 spiro atoms. The molecule has 0 saturated heterocycles. The van der Waals surface area contributed by atoms with Gasteiger partial charge in [-0.25, -0.2) is 4.79 Å². The van der Waals surface area contributed by atoms with Crippen molar-refractivity contribution in [2.75, 3.05) is 14.2 Å². The number of H-pyrrole nitrogens is 1. The number of nitrogens with one attached hydrogen (secondary N) is 1. The van der Waals surface area contributed by atoms with E-state index in [1.165, 1.54) is 24.8 Å². The van der Waals surface area contributed by atoms with Gasteiger partial charge in [-0.15, -0.1) is 0 Å². The molecule has 100 valence electrons. The van der Waals surface area contributed by atoms with Crippen molar-refractivity contribution in [3.05, 3.63) is 29.0 Å². The molecule has 1 heterocycles. The maximum atomic E-state index is 11.9. The van der Waals surface area contributed by atoms with Crippen LogP contribution in [0.2, 0.25) is 0 Å². The van der Waals surface area contributed by atoms with Crippen molar-refractivity contribution >= 4 is 16.9 Å². The molecule has 19 heavy (non-hydrogen) atoms. The van der Waals surface area contributed by atoms with E-state index in [0.717, 1.165) is 35.9 Å². The molecular formula is C15H17NO3. The molecule has 0 amide bonds. The van der Waals surface area contributed by atoms with Gasteiger partial charge in [0.05, 0.1) is 25.3 Å². The van der Waals surface area contributed by atoms with Crippen LogP contribution in [0, 0.1) is 0 Å². The summed E-state index contributed by atoms with van der Waals surface area (Å²) >= 11 is 0. The van der Waals surface area contributed by atoms with Crippen molar-refractivity contribution in [2.45, 2.75) is 25.7 Å². The molecule has 1 aliphatic rings. The van der Waals surface area contributed by atoms with Crippen LogP contribution in [-0.2, 0) is 17.6 Å². The number of benzene rings is 1. The molecule has 0 saturated carbocycles. The lowest BCUT2D eigenvalue weighted by molar-refractivity contribution is 0.0603. The largest absolute Gasteiger partial charge is 0.495 e. The molecule has 1 N–H and O–H groups in total. The predicted molar refractivity (Wildman–Crippen MR) is 72.8 cm³/mol. The van der Waals surface area contributed by atoms with Gasteiger partial charge in [0.25, 0.3) is 0 Å². The van der Waals surface area contributed by atoms with Gasteiger partial charge in [-0.05, 0) is 43.4 Å². The number of ether oxygens (including phenoxy) is 2. The molecule has 0 bridgehead atoms. The Morgan fingerprint density at radius 3 is 2.74 bits per heavy atom. The number of aromatic amines is 1. The lowest BCUT2D eigenvalue weighted by atomic mass is 9.93. The Bertz CT molecular complexity index is 642.